The van der Waals surface area contributed by atoms with Crippen molar-refractivity contribution >= 4 is 12.0 Å². The summed E-state index contributed by atoms with van der Waals surface area (Å²) < 4.78 is 5.31. The van der Waals surface area contributed by atoms with Gasteiger partial charge in [-0.15, -0.1) is 0 Å². The average Bonchev–Trinajstić information content (AvgIpc) is 2.82. The predicted octanol–water partition coefficient (Wildman–Crippen LogP) is 0.589. The number of aliphatic hydroxyl groups excluding tert-OH is 1. The zero-order chi connectivity index (χ0) is 14.2. The van der Waals surface area contributed by atoms with Gasteiger partial charge in [-0.2, -0.15) is 0 Å². The number of amides is 2. The van der Waals surface area contributed by atoms with Crippen LogP contribution in [0.3, 0.4) is 0 Å². The first kappa shape index (κ1) is 14.1. The monoisotopic (exact) mass is 270 g/mol. The molecule has 2 rings (SSSR count). The molecule has 19 heavy (non-hydrogen) atoms. The maximum atomic E-state index is 11.9. The van der Waals surface area contributed by atoms with Gasteiger partial charge in [0.15, 0.2) is 0 Å². The van der Waals surface area contributed by atoms with Gasteiger partial charge in [0, 0.05) is 19.6 Å². The Labute approximate surface area is 113 Å². The van der Waals surface area contributed by atoms with E-state index in [1.54, 1.807) is 9.80 Å². The molecule has 2 saturated heterocycles. The Morgan fingerprint density at radius 1 is 1.37 bits per heavy atom. The van der Waals surface area contributed by atoms with Gasteiger partial charge in [0.1, 0.15) is 5.60 Å². The molecule has 0 radical (unpaired) electrons. The van der Waals surface area contributed by atoms with Crippen LogP contribution >= 0.6 is 0 Å². The van der Waals surface area contributed by atoms with Gasteiger partial charge >= 0.3 is 6.09 Å². The molecule has 0 spiro atoms. The van der Waals surface area contributed by atoms with Crippen molar-refractivity contribution in [3.05, 3.63) is 0 Å². The molecular weight excluding hydrogens is 248 g/mol. The van der Waals surface area contributed by atoms with E-state index in [1.807, 2.05) is 20.8 Å². The molecular formula is C13H22N2O4. The molecule has 2 heterocycles. The highest BCUT2D eigenvalue weighted by Crippen LogP contribution is 2.23. The number of likely N-dealkylation sites (tertiary alicyclic amines) is 2. The molecule has 6 heteroatoms. The van der Waals surface area contributed by atoms with Crippen LogP contribution in [-0.2, 0) is 9.53 Å². The van der Waals surface area contributed by atoms with Crippen LogP contribution in [0.25, 0.3) is 0 Å². The molecule has 2 fully saturated rings. The summed E-state index contributed by atoms with van der Waals surface area (Å²) in [7, 11) is 0. The molecule has 108 valence electrons. The molecule has 0 aromatic heterocycles. The molecule has 0 saturated carbocycles. The number of carbonyl (C=O) groups excluding carboxylic acids is 2. The molecule has 2 aliphatic rings. The molecule has 0 aliphatic carbocycles. The normalized spacial score (nSPS) is 28.1. The van der Waals surface area contributed by atoms with Crippen molar-refractivity contribution in [2.75, 3.05) is 19.6 Å². The van der Waals surface area contributed by atoms with Crippen LogP contribution in [0.4, 0.5) is 4.79 Å². The van der Waals surface area contributed by atoms with Crippen molar-refractivity contribution in [3.8, 4) is 0 Å². The smallest absolute Gasteiger partial charge is 0.410 e. The van der Waals surface area contributed by atoms with Crippen LogP contribution in [0.1, 0.15) is 33.6 Å². The van der Waals surface area contributed by atoms with Crippen molar-refractivity contribution in [2.45, 2.75) is 51.4 Å². The second kappa shape index (κ2) is 5.00. The second-order valence-electron chi connectivity index (χ2n) is 6.27. The first-order valence-electron chi connectivity index (χ1n) is 6.72. The van der Waals surface area contributed by atoms with E-state index in [2.05, 4.69) is 0 Å². The number of nitrogens with zero attached hydrogens (tertiary/aromatic N) is 2. The van der Waals surface area contributed by atoms with Gasteiger partial charge in [-0.1, -0.05) is 0 Å². The minimum Gasteiger partial charge on any atom is -0.444 e. The van der Waals surface area contributed by atoms with Gasteiger partial charge in [-0.3, -0.25) is 4.79 Å². The number of ether oxygens (including phenoxy) is 1. The van der Waals surface area contributed by atoms with Crippen LogP contribution in [0.15, 0.2) is 0 Å². The van der Waals surface area contributed by atoms with Crippen LogP contribution < -0.4 is 0 Å². The van der Waals surface area contributed by atoms with Crippen molar-refractivity contribution in [1.82, 2.24) is 9.80 Å². The maximum Gasteiger partial charge on any atom is 0.410 e. The fourth-order valence-corrected chi connectivity index (χ4v) is 2.55. The third-order valence-electron chi connectivity index (χ3n) is 3.39. The Balaban J connectivity index is 1.90. The van der Waals surface area contributed by atoms with Crippen LogP contribution in [0, 0.1) is 0 Å². The van der Waals surface area contributed by atoms with Crippen molar-refractivity contribution in [1.29, 1.82) is 0 Å². The number of aliphatic hydroxyl groups is 1. The number of hydrogen-bond acceptors (Lipinski definition) is 4. The maximum absolute atomic E-state index is 11.9. The zero-order valence-corrected chi connectivity index (χ0v) is 11.8. The first-order valence-corrected chi connectivity index (χ1v) is 6.72. The molecule has 0 aromatic rings. The quantitative estimate of drug-likeness (QED) is 0.757. The number of hydrogen-bond donors (Lipinski definition) is 1. The Bertz CT molecular complexity index is 377. The topological polar surface area (TPSA) is 70.1 Å². The lowest BCUT2D eigenvalue weighted by atomic mass is 10.2. The molecule has 0 aromatic carbocycles. The SMILES string of the molecule is CC(C)(C)OC(=O)N1CCC(N2CC(O)CC2=O)C1. The summed E-state index contributed by atoms with van der Waals surface area (Å²) in [5.74, 6) is -0.0245. The van der Waals surface area contributed by atoms with Gasteiger partial charge in [-0.05, 0) is 27.2 Å². The lowest BCUT2D eigenvalue weighted by Crippen LogP contribution is -2.41. The van der Waals surface area contributed by atoms with E-state index in [4.69, 9.17) is 4.74 Å². The van der Waals surface area contributed by atoms with Crippen molar-refractivity contribution in [2.24, 2.45) is 0 Å². The second-order valence-corrected chi connectivity index (χ2v) is 6.27. The Morgan fingerprint density at radius 3 is 2.58 bits per heavy atom. The van der Waals surface area contributed by atoms with E-state index in [9.17, 15) is 14.7 Å². The largest absolute Gasteiger partial charge is 0.444 e. The number of carbonyl (C=O) groups is 2. The van der Waals surface area contributed by atoms with Crippen LogP contribution in [0.5, 0.6) is 0 Å². The Kier molecular flexibility index (Phi) is 3.71. The zero-order valence-electron chi connectivity index (χ0n) is 11.8. The summed E-state index contributed by atoms with van der Waals surface area (Å²) in [6, 6.07) is 0.0113. The Hall–Kier alpha value is -1.30. The highest BCUT2D eigenvalue weighted by molar-refractivity contribution is 5.79. The molecule has 6 nitrogen and oxygen atoms in total. The van der Waals surface area contributed by atoms with Gasteiger partial charge in [0.2, 0.25) is 5.91 Å². The number of β-amino-alcohol motifs (C(OH)–C–C–N with tert-alkyl or cyclic N) is 1. The minimum absolute atomic E-state index is 0.0113. The summed E-state index contributed by atoms with van der Waals surface area (Å²) in [5.41, 5.74) is -0.505. The fourth-order valence-electron chi connectivity index (χ4n) is 2.55. The number of rotatable bonds is 1. The van der Waals surface area contributed by atoms with Crippen molar-refractivity contribution < 1.29 is 19.4 Å². The summed E-state index contributed by atoms with van der Waals surface area (Å²) >= 11 is 0. The summed E-state index contributed by atoms with van der Waals surface area (Å²) in [6.07, 6.45) is 0.0472. The molecule has 2 atom stereocenters. The molecule has 0 bridgehead atoms. The van der Waals surface area contributed by atoms with E-state index in [-0.39, 0.29) is 24.5 Å². The predicted molar refractivity (Wildman–Crippen MR) is 68.5 cm³/mol. The third-order valence-corrected chi connectivity index (χ3v) is 3.39. The van der Waals surface area contributed by atoms with Crippen LogP contribution in [-0.4, -0.2) is 64.3 Å². The first-order chi connectivity index (χ1) is 8.76. The highest BCUT2D eigenvalue weighted by Gasteiger charge is 2.38. The lowest BCUT2D eigenvalue weighted by molar-refractivity contribution is -0.129. The van der Waals surface area contributed by atoms with E-state index >= 15 is 0 Å². The van der Waals surface area contributed by atoms with Gasteiger partial charge in [0.05, 0.1) is 18.6 Å². The summed E-state index contributed by atoms with van der Waals surface area (Å²) in [4.78, 5) is 26.9. The molecule has 1 N–H and O–H groups in total. The molecule has 2 amide bonds. The van der Waals surface area contributed by atoms with Gasteiger partial charge < -0.3 is 19.6 Å². The van der Waals surface area contributed by atoms with E-state index in [1.165, 1.54) is 0 Å². The van der Waals surface area contributed by atoms with Crippen molar-refractivity contribution in [3.63, 3.8) is 0 Å². The highest BCUT2D eigenvalue weighted by atomic mass is 16.6. The summed E-state index contributed by atoms with van der Waals surface area (Å²) in [5, 5.41) is 9.49. The fraction of sp³-hybridized carbons (Fsp3) is 0.846. The van der Waals surface area contributed by atoms with Crippen LogP contribution in [0.2, 0.25) is 0 Å². The van der Waals surface area contributed by atoms with Gasteiger partial charge in [-0.25, -0.2) is 4.79 Å². The molecule has 2 unspecified atom stereocenters. The minimum atomic E-state index is -0.567. The average molecular weight is 270 g/mol. The Morgan fingerprint density at radius 2 is 2.05 bits per heavy atom. The van der Waals surface area contributed by atoms with E-state index in [0.717, 1.165) is 6.42 Å². The van der Waals surface area contributed by atoms with E-state index < -0.39 is 11.7 Å². The lowest BCUT2D eigenvalue weighted by Gasteiger charge is -2.26. The standard InChI is InChI=1S/C13H22N2O4/c1-13(2,3)19-12(18)14-5-4-9(7-14)15-8-10(16)6-11(15)17/h9-10,16H,4-8H2,1-3H3. The third kappa shape index (κ3) is 3.37. The molecule has 2 aliphatic heterocycles. The summed E-state index contributed by atoms with van der Waals surface area (Å²) in [6.45, 7) is 6.97. The van der Waals surface area contributed by atoms with E-state index in [0.29, 0.717) is 19.6 Å². The van der Waals surface area contributed by atoms with Gasteiger partial charge in [0.25, 0.3) is 0 Å².